The van der Waals surface area contributed by atoms with Crippen LogP contribution in [-0.4, -0.2) is 5.78 Å². The van der Waals surface area contributed by atoms with E-state index in [9.17, 15) is 4.79 Å². The Kier molecular flexibility index (Phi) is 3.17. The van der Waals surface area contributed by atoms with Crippen LogP contribution in [0.5, 0.6) is 0 Å². The maximum atomic E-state index is 13.2. The molecule has 1 N–H and O–H groups in total. The largest absolute Gasteiger partial charge is 0.468 e. The standard InChI is InChI=1S/C23H21NO2/c1-23(2)12-17-21(18(25)13-23)22(19-8-5-11-26-19)20-15-7-4-3-6-14(15)9-10-16(20)24-17/h3-11,22,24H,12-13H2,1-2H3/t22-/m1/s1. The molecule has 26 heavy (non-hydrogen) atoms. The van der Waals surface area contributed by atoms with Crippen molar-refractivity contribution in [2.24, 2.45) is 5.41 Å². The van der Waals surface area contributed by atoms with Gasteiger partial charge in [-0.1, -0.05) is 44.2 Å². The quantitative estimate of drug-likeness (QED) is 0.622. The van der Waals surface area contributed by atoms with Crippen LogP contribution in [0.1, 0.15) is 43.9 Å². The highest BCUT2D eigenvalue weighted by atomic mass is 16.3. The Morgan fingerprint density at radius 1 is 1.04 bits per heavy atom. The van der Waals surface area contributed by atoms with Crippen LogP contribution in [0.4, 0.5) is 5.69 Å². The fourth-order valence-electron chi connectivity index (χ4n) is 4.54. The van der Waals surface area contributed by atoms with E-state index in [-0.39, 0.29) is 17.1 Å². The molecule has 0 bridgehead atoms. The molecule has 2 heterocycles. The van der Waals surface area contributed by atoms with Crippen LogP contribution in [0.3, 0.4) is 0 Å². The minimum Gasteiger partial charge on any atom is -0.468 e. The average Bonchev–Trinajstić information content (AvgIpc) is 3.13. The van der Waals surface area contributed by atoms with Crippen LogP contribution in [0, 0.1) is 5.41 Å². The Morgan fingerprint density at radius 3 is 2.69 bits per heavy atom. The van der Waals surface area contributed by atoms with E-state index in [0.717, 1.165) is 34.7 Å². The molecule has 3 nitrogen and oxygen atoms in total. The van der Waals surface area contributed by atoms with Crippen LogP contribution in [-0.2, 0) is 4.79 Å². The Balaban J connectivity index is 1.82. The summed E-state index contributed by atoms with van der Waals surface area (Å²) < 4.78 is 5.81. The van der Waals surface area contributed by atoms with E-state index < -0.39 is 0 Å². The number of nitrogens with one attached hydrogen (secondary N) is 1. The first kappa shape index (κ1) is 15.4. The van der Waals surface area contributed by atoms with Gasteiger partial charge in [-0.25, -0.2) is 0 Å². The van der Waals surface area contributed by atoms with E-state index in [2.05, 4.69) is 49.5 Å². The molecule has 5 rings (SSSR count). The average molecular weight is 343 g/mol. The summed E-state index contributed by atoms with van der Waals surface area (Å²) in [6.07, 6.45) is 3.14. The van der Waals surface area contributed by atoms with Crippen molar-refractivity contribution < 1.29 is 9.21 Å². The molecule has 2 aliphatic rings. The Labute approximate surface area is 152 Å². The number of hydrogen-bond donors (Lipinski definition) is 1. The van der Waals surface area contributed by atoms with Gasteiger partial charge in [0, 0.05) is 23.4 Å². The molecule has 0 spiro atoms. The minimum absolute atomic E-state index is 0.0228. The highest BCUT2D eigenvalue weighted by Crippen LogP contribution is 2.50. The van der Waals surface area contributed by atoms with Crippen molar-refractivity contribution in [2.45, 2.75) is 32.6 Å². The van der Waals surface area contributed by atoms with Crippen molar-refractivity contribution in [3.63, 3.8) is 0 Å². The Morgan fingerprint density at radius 2 is 1.88 bits per heavy atom. The van der Waals surface area contributed by atoms with Crippen molar-refractivity contribution in [3.8, 4) is 0 Å². The maximum Gasteiger partial charge on any atom is 0.162 e. The molecule has 0 saturated carbocycles. The monoisotopic (exact) mass is 343 g/mol. The van der Waals surface area contributed by atoms with Crippen LogP contribution >= 0.6 is 0 Å². The number of Topliss-reactive ketones (excluding diaryl/α,β-unsaturated/α-hetero) is 1. The van der Waals surface area contributed by atoms with E-state index in [4.69, 9.17) is 4.42 Å². The molecule has 1 aliphatic carbocycles. The molecule has 0 fully saturated rings. The van der Waals surface area contributed by atoms with Crippen LogP contribution in [0.25, 0.3) is 10.8 Å². The number of benzene rings is 2. The molecule has 3 heteroatoms. The molecule has 0 amide bonds. The van der Waals surface area contributed by atoms with E-state index in [1.807, 2.05) is 18.2 Å². The van der Waals surface area contributed by atoms with Crippen molar-refractivity contribution in [1.82, 2.24) is 0 Å². The summed E-state index contributed by atoms with van der Waals surface area (Å²) in [5, 5.41) is 5.93. The first-order valence-corrected chi connectivity index (χ1v) is 9.12. The number of hydrogen-bond acceptors (Lipinski definition) is 3. The summed E-state index contributed by atoms with van der Waals surface area (Å²) in [7, 11) is 0. The summed E-state index contributed by atoms with van der Waals surface area (Å²) in [5.41, 5.74) is 4.13. The van der Waals surface area contributed by atoms with E-state index in [0.29, 0.717) is 6.42 Å². The summed E-state index contributed by atoms with van der Waals surface area (Å²) >= 11 is 0. The van der Waals surface area contributed by atoms with Gasteiger partial charge in [0.1, 0.15) is 5.76 Å². The Bertz CT molecular complexity index is 1060. The number of ketones is 1. The van der Waals surface area contributed by atoms with Gasteiger partial charge in [-0.3, -0.25) is 4.79 Å². The van der Waals surface area contributed by atoms with Gasteiger partial charge in [0.25, 0.3) is 0 Å². The number of carbonyl (C=O) groups excluding carboxylic acids is 1. The van der Waals surface area contributed by atoms with Gasteiger partial charge in [-0.15, -0.1) is 0 Å². The molecule has 2 aromatic carbocycles. The summed E-state index contributed by atoms with van der Waals surface area (Å²) in [6.45, 7) is 4.32. The van der Waals surface area contributed by atoms with Gasteiger partial charge in [-0.05, 0) is 46.4 Å². The van der Waals surface area contributed by atoms with Crippen LogP contribution in [0.15, 0.2) is 70.5 Å². The lowest BCUT2D eigenvalue weighted by Crippen LogP contribution is -2.33. The lowest BCUT2D eigenvalue weighted by atomic mass is 9.69. The van der Waals surface area contributed by atoms with Gasteiger partial charge in [0.2, 0.25) is 0 Å². The highest BCUT2D eigenvalue weighted by molar-refractivity contribution is 6.04. The zero-order chi connectivity index (χ0) is 17.9. The second-order valence-electron chi connectivity index (χ2n) is 8.15. The van der Waals surface area contributed by atoms with Crippen LogP contribution < -0.4 is 5.32 Å². The van der Waals surface area contributed by atoms with Crippen molar-refractivity contribution in [3.05, 3.63) is 77.4 Å². The lowest BCUT2D eigenvalue weighted by Gasteiger charge is -2.39. The maximum absolute atomic E-state index is 13.2. The summed E-state index contributed by atoms with van der Waals surface area (Å²) in [6, 6.07) is 16.5. The van der Waals surface area contributed by atoms with Gasteiger partial charge in [-0.2, -0.15) is 0 Å². The third kappa shape index (κ3) is 2.23. The molecule has 130 valence electrons. The highest BCUT2D eigenvalue weighted by Gasteiger charge is 2.42. The number of furan rings is 1. The van der Waals surface area contributed by atoms with Gasteiger partial charge >= 0.3 is 0 Å². The van der Waals surface area contributed by atoms with Gasteiger partial charge in [0.15, 0.2) is 5.78 Å². The minimum atomic E-state index is -0.147. The topological polar surface area (TPSA) is 42.2 Å². The second-order valence-corrected chi connectivity index (χ2v) is 8.15. The van der Waals surface area contributed by atoms with E-state index in [1.54, 1.807) is 6.26 Å². The number of rotatable bonds is 1. The summed E-state index contributed by atoms with van der Waals surface area (Å²) in [4.78, 5) is 13.2. The van der Waals surface area contributed by atoms with Crippen molar-refractivity contribution >= 4 is 22.2 Å². The molecule has 1 atom stereocenters. The van der Waals surface area contributed by atoms with E-state index in [1.165, 1.54) is 10.8 Å². The predicted octanol–water partition coefficient (Wildman–Crippen LogP) is 5.63. The summed E-state index contributed by atoms with van der Waals surface area (Å²) in [5.74, 6) is 0.916. The third-order valence-electron chi connectivity index (χ3n) is 5.58. The molecule has 1 aliphatic heterocycles. The van der Waals surface area contributed by atoms with Gasteiger partial charge < -0.3 is 9.73 Å². The lowest BCUT2D eigenvalue weighted by molar-refractivity contribution is -0.118. The number of carbonyl (C=O) groups is 1. The molecule has 0 radical (unpaired) electrons. The van der Waals surface area contributed by atoms with Gasteiger partial charge in [0.05, 0.1) is 12.2 Å². The number of anilines is 1. The third-order valence-corrected chi connectivity index (χ3v) is 5.58. The predicted molar refractivity (Wildman–Crippen MR) is 103 cm³/mol. The zero-order valence-corrected chi connectivity index (χ0v) is 15.0. The smallest absolute Gasteiger partial charge is 0.162 e. The Hall–Kier alpha value is -2.81. The number of fused-ring (bicyclic) bond motifs is 3. The van der Waals surface area contributed by atoms with E-state index >= 15 is 0 Å². The van der Waals surface area contributed by atoms with Crippen molar-refractivity contribution in [2.75, 3.05) is 5.32 Å². The number of allylic oxidation sites excluding steroid dienone is 2. The fraction of sp³-hybridized carbons (Fsp3) is 0.261. The SMILES string of the molecule is CC1(C)CC(=O)C2=C(C1)Nc1ccc3ccccc3c1[C@H]2c1ccco1. The first-order chi connectivity index (χ1) is 12.5. The van der Waals surface area contributed by atoms with Crippen LogP contribution in [0.2, 0.25) is 0 Å². The fourth-order valence-corrected chi connectivity index (χ4v) is 4.54. The molecule has 1 aromatic heterocycles. The van der Waals surface area contributed by atoms with Crippen molar-refractivity contribution in [1.29, 1.82) is 0 Å². The molecular formula is C23H21NO2. The second kappa shape index (κ2) is 5.34. The molecule has 0 saturated heterocycles. The first-order valence-electron chi connectivity index (χ1n) is 9.12. The molecule has 3 aromatic rings. The molecule has 0 unspecified atom stereocenters. The normalized spacial score (nSPS) is 21.3. The molecular weight excluding hydrogens is 322 g/mol. The zero-order valence-electron chi connectivity index (χ0n) is 15.0.